The number of halogens is 3. The van der Waals surface area contributed by atoms with Gasteiger partial charge in [0.1, 0.15) is 0 Å². The topological polar surface area (TPSA) is 0 Å². The summed E-state index contributed by atoms with van der Waals surface area (Å²) in [6, 6.07) is 13.4. The predicted octanol–water partition coefficient (Wildman–Crippen LogP) is 5.63. The van der Waals surface area contributed by atoms with Crippen LogP contribution in [-0.2, 0) is 0 Å². The maximum Gasteiger partial charge on any atom is 0.0835 e. The highest BCUT2D eigenvalue weighted by atomic mass is 35.5. The summed E-state index contributed by atoms with van der Waals surface area (Å²) >= 11 is 18.3. The molecular weight excluding hydrogens is 275 g/mol. The Kier molecular flexibility index (Phi) is 3.98. The van der Waals surface area contributed by atoms with E-state index < -0.39 is 0 Å². The Balaban J connectivity index is 2.33. The summed E-state index contributed by atoms with van der Waals surface area (Å²) in [5.74, 6) is 0. The van der Waals surface area contributed by atoms with Gasteiger partial charge in [-0.3, -0.25) is 0 Å². The lowest BCUT2D eigenvalue weighted by Gasteiger charge is -2.11. The molecule has 1 atom stereocenters. The zero-order valence-corrected chi connectivity index (χ0v) is 11.5. The minimum absolute atomic E-state index is 0.203. The molecular formula is C14H11Cl3. The molecule has 0 bridgehead atoms. The third-order valence-electron chi connectivity index (χ3n) is 2.65. The van der Waals surface area contributed by atoms with Gasteiger partial charge >= 0.3 is 0 Å². The lowest BCUT2D eigenvalue weighted by atomic mass is 10.0. The van der Waals surface area contributed by atoms with Crippen LogP contribution in [0.2, 0.25) is 10.0 Å². The van der Waals surface area contributed by atoms with E-state index in [1.54, 1.807) is 0 Å². The molecule has 0 aliphatic heterocycles. The summed E-state index contributed by atoms with van der Waals surface area (Å²) in [6.45, 7) is 1.97. The minimum atomic E-state index is -0.203. The van der Waals surface area contributed by atoms with Crippen LogP contribution in [0.1, 0.15) is 22.1 Å². The number of alkyl halides is 1. The fraction of sp³-hybridized carbons (Fsp3) is 0.143. The summed E-state index contributed by atoms with van der Waals surface area (Å²) < 4.78 is 0. The molecule has 0 fully saturated rings. The maximum absolute atomic E-state index is 6.41. The quantitative estimate of drug-likeness (QED) is 0.627. The van der Waals surface area contributed by atoms with Gasteiger partial charge in [0.05, 0.1) is 5.38 Å². The standard InChI is InChI=1S/C14H11Cl3/c1-9-2-3-11(8-13(9)16)14(17)10-4-6-12(15)7-5-10/h2-8,14H,1H3. The highest BCUT2D eigenvalue weighted by Crippen LogP contribution is 2.31. The monoisotopic (exact) mass is 284 g/mol. The number of aryl methyl sites for hydroxylation is 1. The molecule has 0 saturated carbocycles. The van der Waals surface area contributed by atoms with Crippen molar-refractivity contribution in [3.05, 3.63) is 69.2 Å². The first kappa shape index (κ1) is 12.8. The van der Waals surface area contributed by atoms with Gasteiger partial charge in [0.2, 0.25) is 0 Å². The molecule has 1 unspecified atom stereocenters. The normalized spacial score (nSPS) is 12.5. The predicted molar refractivity (Wildman–Crippen MR) is 75.3 cm³/mol. The largest absolute Gasteiger partial charge is 0.113 e. The average molecular weight is 286 g/mol. The second-order valence-electron chi connectivity index (χ2n) is 3.92. The molecule has 2 aromatic carbocycles. The Bertz CT molecular complexity index is 517. The molecule has 0 aromatic heterocycles. The van der Waals surface area contributed by atoms with Crippen molar-refractivity contribution in [1.82, 2.24) is 0 Å². The van der Waals surface area contributed by atoms with Crippen LogP contribution in [0.15, 0.2) is 42.5 Å². The van der Waals surface area contributed by atoms with Crippen molar-refractivity contribution in [2.75, 3.05) is 0 Å². The Morgan fingerprint density at radius 2 is 1.47 bits per heavy atom. The zero-order chi connectivity index (χ0) is 12.4. The number of rotatable bonds is 2. The number of benzene rings is 2. The molecule has 0 nitrogen and oxygen atoms in total. The van der Waals surface area contributed by atoms with Crippen molar-refractivity contribution >= 4 is 34.8 Å². The molecule has 0 spiro atoms. The van der Waals surface area contributed by atoms with Gasteiger partial charge in [0.15, 0.2) is 0 Å². The smallest absolute Gasteiger partial charge is 0.0835 e. The van der Waals surface area contributed by atoms with Gasteiger partial charge in [-0.2, -0.15) is 0 Å². The fourth-order valence-electron chi connectivity index (χ4n) is 1.59. The van der Waals surface area contributed by atoms with Crippen LogP contribution in [0, 0.1) is 6.92 Å². The zero-order valence-electron chi connectivity index (χ0n) is 9.25. The molecule has 17 heavy (non-hydrogen) atoms. The Morgan fingerprint density at radius 1 is 0.882 bits per heavy atom. The summed E-state index contributed by atoms with van der Waals surface area (Å²) in [5, 5.41) is 1.24. The van der Waals surface area contributed by atoms with Gasteiger partial charge in [-0.1, -0.05) is 47.5 Å². The van der Waals surface area contributed by atoms with E-state index in [2.05, 4.69) is 0 Å². The SMILES string of the molecule is Cc1ccc(C(Cl)c2ccc(Cl)cc2)cc1Cl. The van der Waals surface area contributed by atoms with E-state index in [0.29, 0.717) is 5.02 Å². The molecule has 0 heterocycles. The van der Waals surface area contributed by atoms with Crippen LogP contribution < -0.4 is 0 Å². The van der Waals surface area contributed by atoms with Crippen LogP contribution in [0.3, 0.4) is 0 Å². The Morgan fingerprint density at radius 3 is 2.06 bits per heavy atom. The van der Waals surface area contributed by atoms with Gasteiger partial charge < -0.3 is 0 Å². The number of hydrogen-bond donors (Lipinski definition) is 0. The van der Waals surface area contributed by atoms with E-state index >= 15 is 0 Å². The molecule has 88 valence electrons. The minimum Gasteiger partial charge on any atom is -0.113 e. The summed E-state index contributed by atoms with van der Waals surface area (Å²) in [4.78, 5) is 0. The summed E-state index contributed by atoms with van der Waals surface area (Å²) in [5.41, 5.74) is 3.05. The highest BCUT2D eigenvalue weighted by Gasteiger charge is 2.11. The van der Waals surface area contributed by atoms with E-state index in [0.717, 1.165) is 21.7 Å². The molecule has 0 saturated heterocycles. The van der Waals surface area contributed by atoms with Crippen LogP contribution in [0.5, 0.6) is 0 Å². The van der Waals surface area contributed by atoms with Crippen LogP contribution >= 0.6 is 34.8 Å². The molecule has 0 aliphatic rings. The first-order valence-electron chi connectivity index (χ1n) is 5.23. The van der Waals surface area contributed by atoms with Gasteiger partial charge in [0, 0.05) is 10.0 Å². The second kappa shape index (κ2) is 5.30. The fourth-order valence-corrected chi connectivity index (χ4v) is 2.19. The Hall–Kier alpha value is -0.690. The van der Waals surface area contributed by atoms with Gasteiger partial charge in [-0.25, -0.2) is 0 Å². The van der Waals surface area contributed by atoms with Crippen molar-refractivity contribution in [2.24, 2.45) is 0 Å². The molecule has 3 heteroatoms. The lowest BCUT2D eigenvalue weighted by Crippen LogP contribution is -1.93. The summed E-state index contributed by atoms with van der Waals surface area (Å²) in [7, 11) is 0. The van der Waals surface area contributed by atoms with Gasteiger partial charge in [-0.05, 0) is 41.8 Å². The van der Waals surface area contributed by atoms with E-state index in [4.69, 9.17) is 34.8 Å². The van der Waals surface area contributed by atoms with Crippen LogP contribution in [-0.4, -0.2) is 0 Å². The van der Waals surface area contributed by atoms with Gasteiger partial charge in [-0.15, -0.1) is 11.6 Å². The third kappa shape index (κ3) is 2.95. The highest BCUT2D eigenvalue weighted by molar-refractivity contribution is 6.31. The van der Waals surface area contributed by atoms with E-state index in [1.165, 1.54) is 0 Å². The van der Waals surface area contributed by atoms with Crippen molar-refractivity contribution in [1.29, 1.82) is 0 Å². The average Bonchev–Trinajstić information content (AvgIpc) is 2.33. The molecule has 2 aromatic rings. The van der Waals surface area contributed by atoms with E-state index in [-0.39, 0.29) is 5.38 Å². The van der Waals surface area contributed by atoms with Crippen LogP contribution in [0.4, 0.5) is 0 Å². The summed E-state index contributed by atoms with van der Waals surface area (Å²) in [6.07, 6.45) is 0. The first-order valence-corrected chi connectivity index (χ1v) is 6.43. The van der Waals surface area contributed by atoms with Crippen molar-refractivity contribution in [3.63, 3.8) is 0 Å². The molecule has 2 rings (SSSR count). The van der Waals surface area contributed by atoms with Crippen molar-refractivity contribution < 1.29 is 0 Å². The third-order valence-corrected chi connectivity index (χ3v) is 3.81. The second-order valence-corrected chi connectivity index (χ2v) is 5.20. The van der Waals surface area contributed by atoms with E-state index in [9.17, 15) is 0 Å². The number of hydrogen-bond acceptors (Lipinski definition) is 0. The molecule has 0 radical (unpaired) electrons. The molecule has 0 aliphatic carbocycles. The first-order chi connectivity index (χ1) is 8.08. The van der Waals surface area contributed by atoms with Crippen molar-refractivity contribution in [2.45, 2.75) is 12.3 Å². The molecule has 0 N–H and O–H groups in total. The van der Waals surface area contributed by atoms with E-state index in [1.807, 2.05) is 49.4 Å². The Labute approximate surface area is 116 Å². The van der Waals surface area contributed by atoms with Crippen molar-refractivity contribution in [3.8, 4) is 0 Å². The maximum atomic E-state index is 6.41. The van der Waals surface area contributed by atoms with Crippen LogP contribution in [0.25, 0.3) is 0 Å². The van der Waals surface area contributed by atoms with Gasteiger partial charge in [0.25, 0.3) is 0 Å². The lowest BCUT2D eigenvalue weighted by molar-refractivity contribution is 1.14. The molecule has 0 amide bonds.